The highest BCUT2D eigenvalue weighted by Crippen LogP contribution is 2.25. The Labute approximate surface area is 91.4 Å². The van der Waals surface area contributed by atoms with Crippen molar-refractivity contribution in [3.63, 3.8) is 0 Å². The molecule has 2 N–H and O–H groups in total. The fourth-order valence-corrected chi connectivity index (χ4v) is 1.09. The highest BCUT2D eigenvalue weighted by atomic mass is 16.3. The summed E-state index contributed by atoms with van der Waals surface area (Å²) >= 11 is 0. The van der Waals surface area contributed by atoms with Gasteiger partial charge in [-0.1, -0.05) is 13.8 Å². The summed E-state index contributed by atoms with van der Waals surface area (Å²) < 4.78 is 0. The van der Waals surface area contributed by atoms with Crippen LogP contribution in [0.15, 0.2) is 18.2 Å². The molecule has 0 fully saturated rings. The maximum atomic E-state index is 9.39. The van der Waals surface area contributed by atoms with Crippen LogP contribution in [0.25, 0.3) is 0 Å². The molecule has 82 valence electrons. The molecule has 1 aromatic rings. The Morgan fingerprint density at radius 1 is 1.33 bits per heavy atom. The Morgan fingerprint density at radius 2 is 1.87 bits per heavy atom. The molecule has 1 aromatic carbocycles. The van der Waals surface area contributed by atoms with Gasteiger partial charge in [0, 0.05) is 0 Å². The largest absolute Gasteiger partial charge is 0.508 e. The van der Waals surface area contributed by atoms with Gasteiger partial charge in [-0.25, -0.2) is 0 Å². The van der Waals surface area contributed by atoms with Crippen molar-refractivity contribution in [3.05, 3.63) is 29.3 Å². The molecule has 0 saturated heterocycles. The van der Waals surface area contributed by atoms with Gasteiger partial charge in [-0.15, -0.1) is 0 Å². The van der Waals surface area contributed by atoms with E-state index >= 15 is 0 Å². The molecule has 0 aliphatic carbocycles. The second-order valence-corrected chi connectivity index (χ2v) is 3.54. The van der Waals surface area contributed by atoms with Crippen molar-refractivity contribution in [1.29, 1.82) is 5.26 Å². The van der Waals surface area contributed by atoms with E-state index in [1.165, 1.54) is 0 Å². The van der Waals surface area contributed by atoms with E-state index < -0.39 is 0 Å². The van der Waals surface area contributed by atoms with Crippen molar-refractivity contribution in [2.45, 2.75) is 19.8 Å². The van der Waals surface area contributed by atoms with Crippen LogP contribution in [0, 0.1) is 11.3 Å². The Kier molecular flexibility index (Phi) is 6.16. The zero-order valence-corrected chi connectivity index (χ0v) is 9.70. The van der Waals surface area contributed by atoms with E-state index in [2.05, 4.69) is 5.32 Å². The molecule has 0 amide bonds. The Balaban J connectivity index is 0.000000583. The van der Waals surface area contributed by atoms with Crippen molar-refractivity contribution in [1.82, 2.24) is 5.32 Å². The van der Waals surface area contributed by atoms with Crippen LogP contribution in [0.4, 0.5) is 0 Å². The normalized spacial score (nSPS) is 9.07. The lowest BCUT2D eigenvalue weighted by Gasteiger charge is -2.07. The standard InChI is InChI=1S/C10H11NO.C2H7N/c1-7(2)9-5-8(6-11)3-4-10(9)12;1-3-2/h3-5,7,12H,1-2H3;3H,1-2H3. The molecule has 1 rings (SSSR count). The van der Waals surface area contributed by atoms with Crippen molar-refractivity contribution >= 4 is 0 Å². The van der Waals surface area contributed by atoms with E-state index in [1.807, 2.05) is 34.0 Å². The third kappa shape index (κ3) is 4.48. The van der Waals surface area contributed by atoms with Gasteiger partial charge in [0.2, 0.25) is 0 Å². The van der Waals surface area contributed by atoms with Gasteiger partial charge in [0.25, 0.3) is 0 Å². The minimum absolute atomic E-state index is 0.248. The van der Waals surface area contributed by atoms with Gasteiger partial charge in [-0.2, -0.15) is 5.26 Å². The molecule has 0 spiro atoms. The molecule has 0 radical (unpaired) electrons. The zero-order chi connectivity index (χ0) is 11.8. The van der Waals surface area contributed by atoms with Crippen LogP contribution in [0.2, 0.25) is 0 Å². The Bertz CT molecular complexity index is 340. The summed E-state index contributed by atoms with van der Waals surface area (Å²) in [5.74, 6) is 0.516. The topological polar surface area (TPSA) is 56.0 Å². The minimum atomic E-state index is 0.248. The van der Waals surface area contributed by atoms with Crippen molar-refractivity contribution in [2.24, 2.45) is 0 Å². The third-order valence-electron chi connectivity index (χ3n) is 1.78. The average molecular weight is 206 g/mol. The SMILES string of the molecule is CC(C)c1cc(C#N)ccc1O.CNC. The van der Waals surface area contributed by atoms with Crippen molar-refractivity contribution in [3.8, 4) is 11.8 Å². The first-order valence-electron chi connectivity index (χ1n) is 4.88. The highest BCUT2D eigenvalue weighted by Gasteiger charge is 2.05. The molecule has 0 aliphatic heterocycles. The number of phenolic OH excluding ortho intramolecular Hbond substituents is 1. The van der Waals surface area contributed by atoms with Crippen LogP contribution >= 0.6 is 0 Å². The number of nitriles is 1. The van der Waals surface area contributed by atoms with E-state index in [-0.39, 0.29) is 11.7 Å². The molecule has 0 aliphatic rings. The van der Waals surface area contributed by atoms with E-state index in [4.69, 9.17) is 5.26 Å². The van der Waals surface area contributed by atoms with Crippen LogP contribution in [-0.4, -0.2) is 19.2 Å². The number of benzene rings is 1. The van der Waals surface area contributed by atoms with Crippen LogP contribution in [0.3, 0.4) is 0 Å². The fraction of sp³-hybridized carbons (Fsp3) is 0.417. The number of phenols is 1. The number of hydrogen-bond donors (Lipinski definition) is 2. The molecule has 15 heavy (non-hydrogen) atoms. The van der Waals surface area contributed by atoms with Gasteiger partial charge >= 0.3 is 0 Å². The summed E-state index contributed by atoms with van der Waals surface area (Å²) in [5, 5.41) is 20.7. The molecule has 0 unspecified atom stereocenters. The summed E-state index contributed by atoms with van der Waals surface area (Å²) in [6, 6.07) is 6.94. The predicted molar refractivity (Wildman–Crippen MR) is 61.9 cm³/mol. The molecule has 0 heterocycles. The molecule has 3 nitrogen and oxygen atoms in total. The Hall–Kier alpha value is -1.53. The zero-order valence-electron chi connectivity index (χ0n) is 9.70. The average Bonchev–Trinajstić information content (AvgIpc) is 2.19. The molecule has 3 heteroatoms. The first kappa shape index (κ1) is 13.5. The van der Waals surface area contributed by atoms with E-state index in [0.717, 1.165) is 5.56 Å². The number of aromatic hydroxyl groups is 1. The van der Waals surface area contributed by atoms with Crippen LogP contribution in [-0.2, 0) is 0 Å². The van der Waals surface area contributed by atoms with Gasteiger partial charge in [0.1, 0.15) is 5.75 Å². The second kappa shape index (κ2) is 6.86. The quantitative estimate of drug-likeness (QED) is 0.740. The van der Waals surface area contributed by atoms with Gasteiger partial charge in [-0.05, 0) is 43.8 Å². The first-order chi connectivity index (χ1) is 7.06. The van der Waals surface area contributed by atoms with Gasteiger partial charge < -0.3 is 10.4 Å². The van der Waals surface area contributed by atoms with Crippen LogP contribution < -0.4 is 5.32 Å². The van der Waals surface area contributed by atoms with E-state index in [1.54, 1.807) is 18.2 Å². The number of nitrogens with zero attached hydrogens (tertiary/aromatic N) is 1. The smallest absolute Gasteiger partial charge is 0.119 e. The van der Waals surface area contributed by atoms with E-state index in [0.29, 0.717) is 5.56 Å². The maximum Gasteiger partial charge on any atom is 0.119 e. The second-order valence-electron chi connectivity index (χ2n) is 3.54. The Morgan fingerprint density at radius 3 is 2.27 bits per heavy atom. The summed E-state index contributed by atoms with van der Waals surface area (Å²) in [5.41, 5.74) is 1.42. The van der Waals surface area contributed by atoms with Gasteiger partial charge in [-0.3, -0.25) is 0 Å². The predicted octanol–water partition coefficient (Wildman–Crippen LogP) is 2.22. The highest BCUT2D eigenvalue weighted by molar-refractivity contribution is 5.42. The fourth-order valence-electron chi connectivity index (χ4n) is 1.09. The molecular formula is C12H18N2O. The summed E-state index contributed by atoms with van der Waals surface area (Å²) in [6.07, 6.45) is 0. The summed E-state index contributed by atoms with van der Waals surface area (Å²) in [4.78, 5) is 0. The lowest BCUT2D eigenvalue weighted by atomic mass is 10.0. The van der Waals surface area contributed by atoms with E-state index in [9.17, 15) is 5.11 Å². The third-order valence-corrected chi connectivity index (χ3v) is 1.78. The monoisotopic (exact) mass is 206 g/mol. The van der Waals surface area contributed by atoms with Crippen molar-refractivity contribution < 1.29 is 5.11 Å². The number of nitrogens with one attached hydrogen (secondary N) is 1. The van der Waals surface area contributed by atoms with Gasteiger partial charge in [0.05, 0.1) is 11.6 Å². The number of hydrogen-bond acceptors (Lipinski definition) is 3. The van der Waals surface area contributed by atoms with Crippen LogP contribution in [0.5, 0.6) is 5.75 Å². The lowest BCUT2D eigenvalue weighted by Crippen LogP contribution is -1.89. The lowest BCUT2D eigenvalue weighted by molar-refractivity contribution is 0.465. The molecule has 0 atom stereocenters. The summed E-state index contributed by atoms with van der Waals surface area (Å²) in [7, 11) is 3.75. The number of rotatable bonds is 1. The van der Waals surface area contributed by atoms with Crippen LogP contribution in [0.1, 0.15) is 30.9 Å². The first-order valence-corrected chi connectivity index (χ1v) is 4.88. The van der Waals surface area contributed by atoms with Crippen molar-refractivity contribution in [2.75, 3.05) is 14.1 Å². The molecule has 0 saturated carbocycles. The minimum Gasteiger partial charge on any atom is -0.508 e. The molecule has 0 bridgehead atoms. The van der Waals surface area contributed by atoms with Gasteiger partial charge in [0.15, 0.2) is 0 Å². The molecule has 0 aromatic heterocycles. The maximum absolute atomic E-state index is 9.39. The molecular weight excluding hydrogens is 188 g/mol. The summed E-state index contributed by atoms with van der Waals surface area (Å²) in [6.45, 7) is 3.96.